The summed E-state index contributed by atoms with van der Waals surface area (Å²) in [6, 6.07) is 9.82. The molecule has 0 bridgehead atoms. The lowest BCUT2D eigenvalue weighted by Crippen LogP contribution is -2.61. The van der Waals surface area contributed by atoms with Crippen LogP contribution in [0, 0.1) is 0 Å². The molecule has 0 saturated carbocycles. The average Bonchev–Trinajstić information content (AvgIpc) is 2.86. The van der Waals surface area contributed by atoms with Crippen molar-refractivity contribution in [2.45, 2.75) is 31.7 Å². The molecule has 2 aromatic heterocycles. The maximum atomic E-state index is 13.6. The predicted octanol–water partition coefficient (Wildman–Crippen LogP) is 0.945. The Morgan fingerprint density at radius 2 is 1.60 bits per heavy atom. The highest BCUT2D eigenvalue weighted by Crippen LogP contribution is 2.35. The van der Waals surface area contributed by atoms with Gasteiger partial charge in [0.1, 0.15) is 11.6 Å². The highest BCUT2D eigenvalue weighted by atomic mass is 16.4. The minimum atomic E-state index is -2.13. The van der Waals surface area contributed by atoms with Crippen LogP contribution in [-0.4, -0.2) is 63.8 Å². The van der Waals surface area contributed by atoms with Gasteiger partial charge in [-0.3, -0.25) is 19.3 Å². The molecule has 0 radical (unpaired) electrons. The topological polar surface area (TPSA) is 168 Å². The number of carbonyl (C=O) groups is 4. The Morgan fingerprint density at radius 3 is 2.06 bits per heavy atom. The Kier molecular flexibility index (Phi) is 10.0. The monoisotopic (exact) mass is 482 g/mol. The molecule has 0 aliphatic heterocycles. The summed E-state index contributed by atoms with van der Waals surface area (Å²) in [5.74, 6) is -2.95. The van der Waals surface area contributed by atoms with E-state index >= 15 is 0 Å². The number of nitrogens with one attached hydrogen (secondary N) is 2. The molecule has 1 atom stereocenters. The van der Waals surface area contributed by atoms with Crippen LogP contribution in [0.15, 0.2) is 60.9 Å². The smallest absolute Gasteiger partial charge is 0.337 e. The van der Waals surface area contributed by atoms with Crippen molar-refractivity contribution >= 4 is 35.2 Å². The van der Waals surface area contributed by atoms with E-state index in [1.54, 1.807) is 36.4 Å². The number of pyridine rings is 2. The Balaban J connectivity index is 2.44. The van der Waals surface area contributed by atoms with Crippen molar-refractivity contribution < 1.29 is 24.3 Å². The van der Waals surface area contributed by atoms with E-state index < -0.39 is 42.2 Å². The highest BCUT2D eigenvalue weighted by Gasteiger charge is 2.52. The van der Waals surface area contributed by atoms with Gasteiger partial charge in [-0.1, -0.05) is 18.7 Å². The van der Waals surface area contributed by atoms with E-state index in [1.165, 1.54) is 24.2 Å². The number of carbonyl (C=O) groups excluding carboxylic acids is 3. The number of nitrogens with zero attached hydrogens (tertiary/aromatic N) is 3. The summed E-state index contributed by atoms with van der Waals surface area (Å²) < 4.78 is 0. The number of aromatic nitrogens is 2. The van der Waals surface area contributed by atoms with Crippen molar-refractivity contribution in [3.8, 4) is 0 Å². The van der Waals surface area contributed by atoms with Crippen molar-refractivity contribution in [2.24, 2.45) is 5.73 Å². The van der Waals surface area contributed by atoms with Crippen molar-refractivity contribution in [3.05, 3.63) is 60.9 Å². The maximum Gasteiger partial charge on any atom is 0.337 e. The Hall–Kier alpha value is -4.12. The first-order valence-corrected chi connectivity index (χ1v) is 11.0. The minimum absolute atomic E-state index is 0.103. The molecule has 11 heteroatoms. The Bertz CT molecular complexity index is 1010. The Morgan fingerprint density at radius 1 is 1.00 bits per heavy atom. The Labute approximate surface area is 203 Å². The number of carboxylic acid groups (broad SMARTS) is 1. The van der Waals surface area contributed by atoms with Gasteiger partial charge in [-0.05, 0) is 57.0 Å². The van der Waals surface area contributed by atoms with Gasteiger partial charge in [-0.15, -0.1) is 0 Å². The number of aliphatic carboxylic acids is 1. The van der Waals surface area contributed by atoms with Crippen LogP contribution in [0.4, 0.5) is 11.6 Å². The average molecular weight is 483 g/mol. The summed E-state index contributed by atoms with van der Waals surface area (Å²) in [7, 11) is 0. The number of amides is 2. The molecular weight excluding hydrogens is 452 g/mol. The summed E-state index contributed by atoms with van der Waals surface area (Å²) in [5, 5.41) is 15.2. The van der Waals surface area contributed by atoms with Crippen LogP contribution in [0.25, 0.3) is 0 Å². The fourth-order valence-electron chi connectivity index (χ4n) is 3.40. The van der Waals surface area contributed by atoms with E-state index in [9.17, 15) is 24.3 Å². The standard InChI is InChI=1S/C24H30N6O5/c1-17(2)22(33)29-16-21(32)28-15-18(31)24(23(34)35,11-5-6-12-25)30(19-9-3-7-13-26-19)20-10-4-8-14-27-20/h3-4,7-10,13-14H,1,5-6,11-12,15-16,25H2,2H3,(H,28,32)(H,29,33)(H,34,35). The van der Waals surface area contributed by atoms with Gasteiger partial charge in [0.25, 0.3) is 0 Å². The third-order valence-electron chi connectivity index (χ3n) is 5.19. The number of rotatable bonds is 14. The van der Waals surface area contributed by atoms with Crippen molar-refractivity contribution in [1.29, 1.82) is 0 Å². The van der Waals surface area contributed by atoms with Crippen molar-refractivity contribution in [1.82, 2.24) is 20.6 Å². The van der Waals surface area contributed by atoms with E-state index in [-0.39, 0.29) is 23.6 Å². The molecule has 0 aliphatic carbocycles. The van der Waals surface area contributed by atoms with Crippen LogP contribution in [-0.2, 0) is 19.2 Å². The molecule has 0 aliphatic rings. The molecule has 11 nitrogen and oxygen atoms in total. The van der Waals surface area contributed by atoms with Gasteiger partial charge in [0.2, 0.25) is 17.4 Å². The number of nitrogens with two attached hydrogens (primary N) is 1. The lowest BCUT2D eigenvalue weighted by Gasteiger charge is -2.39. The summed E-state index contributed by atoms with van der Waals surface area (Å²) in [5.41, 5.74) is 3.71. The summed E-state index contributed by atoms with van der Waals surface area (Å²) in [6.07, 6.45) is 3.67. The zero-order chi connectivity index (χ0) is 25.8. The molecule has 35 heavy (non-hydrogen) atoms. The highest BCUT2D eigenvalue weighted by molar-refractivity contribution is 6.13. The number of anilines is 2. The predicted molar refractivity (Wildman–Crippen MR) is 130 cm³/mol. The third kappa shape index (κ3) is 6.93. The van der Waals surface area contributed by atoms with Crippen molar-refractivity contribution in [3.63, 3.8) is 0 Å². The van der Waals surface area contributed by atoms with Crippen molar-refractivity contribution in [2.75, 3.05) is 24.5 Å². The van der Waals surface area contributed by atoms with Crippen LogP contribution in [0.5, 0.6) is 0 Å². The van der Waals surface area contributed by atoms with Gasteiger partial charge in [0.05, 0.1) is 13.1 Å². The molecule has 2 rings (SSSR count). The normalized spacial score (nSPS) is 12.2. The largest absolute Gasteiger partial charge is 0.479 e. The quantitative estimate of drug-likeness (QED) is 0.174. The second-order valence-electron chi connectivity index (χ2n) is 7.79. The molecule has 2 aromatic rings. The number of hydrogen-bond donors (Lipinski definition) is 4. The van der Waals surface area contributed by atoms with E-state index in [4.69, 9.17) is 5.73 Å². The first-order chi connectivity index (χ1) is 16.7. The van der Waals surface area contributed by atoms with Gasteiger partial charge >= 0.3 is 5.97 Å². The summed E-state index contributed by atoms with van der Waals surface area (Å²) in [4.78, 5) is 60.2. The second-order valence-corrected chi connectivity index (χ2v) is 7.79. The van der Waals surface area contributed by atoms with Gasteiger partial charge in [-0.25, -0.2) is 14.8 Å². The number of unbranched alkanes of at least 4 members (excludes halogenated alkanes) is 1. The third-order valence-corrected chi connectivity index (χ3v) is 5.19. The summed E-state index contributed by atoms with van der Waals surface area (Å²) >= 11 is 0. The molecule has 5 N–H and O–H groups in total. The van der Waals surface area contributed by atoms with E-state index in [0.717, 1.165) is 0 Å². The summed E-state index contributed by atoms with van der Waals surface area (Å²) in [6.45, 7) is 4.30. The van der Waals surface area contributed by atoms with Crippen LogP contribution in [0.2, 0.25) is 0 Å². The lowest BCUT2D eigenvalue weighted by molar-refractivity contribution is -0.148. The van der Waals surface area contributed by atoms with E-state index in [1.807, 2.05) is 0 Å². The van der Waals surface area contributed by atoms with E-state index in [2.05, 4.69) is 27.2 Å². The first kappa shape index (κ1) is 27.1. The van der Waals surface area contributed by atoms with Crippen LogP contribution in [0.3, 0.4) is 0 Å². The minimum Gasteiger partial charge on any atom is -0.479 e. The SMILES string of the molecule is C=C(C)C(=O)NCC(=O)NCC(=O)C(CCCCN)(C(=O)O)N(c1ccccn1)c1ccccn1. The number of carboxylic acids is 1. The molecular formula is C24H30N6O5. The fourth-order valence-corrected chi connectivity index (χ4v) is 3.40. The molecule has 0 spiro atoms. The van der Waals surface area contributed by atoms with Gasteiger partial charge < -0.3 is 21.5 Å². The molecule has 2 amide bonds. The van der Waals surface area contributed by atoms with Crippen LogP contribution >= 0.6 is 0 Å². The molecule has 0 aromatic carbocycles. The van der Waals surface area contributed by atoms with E-state index in [0.29, 0.717) is 19.4 Å². The molecule has 1 unspecified atom stereocenters. The maximum absolute atomic E-state index is 13.6. The van der Waals surface area contributed by atoms with Gasteiger partial charge in [0, 0.05) is 18.0 Å². The number of ketones is 1. The van der Waals surface area contributed by atoms with Crippen LogP contribution in [0.1, 0.15) is 26.2 Å². The zero-order valence-electron chi connectivity index (χ0n) is 19.6. The first-order valence-electron chi connectivity index (χ1n) is 11.0. The van der Waals surface area contributed by atoms with Gasteiger partial charge in [0.15, 0.2) is 5.78 Å². The second kappa shape index (κ2) is 12.9. The fraction of sp³-hybridized carbons (Fsp3) is 0.333. The molecule has 186 valence electrons. The molecule has 0 saturated heterocycles. The lowest BCUT2D eigenvalue weighted by atomic mass is 9.85. The number of Topliss-reactive ketones (excluding diaryl/α,β-unsaturated/α-hetero) is 1. The molecule has 0 fully saturated rings. The van der Waals surface area contributed by atoms with Crippen LogP contribution < -0.4 is 21.3 Å². The molecule has 2 heterocycles. The van der Waals surface area contributed by atoms with Gasteiger partial charge in [-0.2, -0.15) is 0 Å². The number of hydrogen-bond acceptors (Lipinski definition) is 8. The zero-order valence-corrected chi connectivity index (χ0v) is 19.6.